The van der Waals surface area contributed by atoms with E-state index in [1.165, 1.54) is 0 Å². The number of thioether (sulfide) groups is 1. The van der Waals surface area contributed by atoms with Crippen molar-refractivity contribution >= 4 is 23.3 Å². The number of fused-ring (bicyclic) bond motifs is 1. The molecule has 2 unspecified atom stereocenters. The highest BCUT2D eigenvalue weighted by Gasteiger charge is 2.62. The van der Waals surface area contributed by atoms with Gasteiger partial charge in [-0.3, -0.25) is 9.78 Å². The van der Waals surface area contributed by atoms with Crippen LogP contribution in [0.1, 0.15) is 12.1 Å². The van der Waals surface area contributed by atoms with E-state index >= 15 is 0 Å². The number of amides is 1. The smallest absolute Gasteiger partial charge is 0.230 e. The minimum absolute atomic E-state index is 0.0825. The Morgan fingerprint density at radius 1 is 1.36 bits per heavy atom. The van der Waals surface area contributed by atoms with Crippen LogP contribution in [0.5, 0.6) is 0 Å². The summed E-state index contributed by atoms with van der Waals surface area (Å²) in [6, 6.07) is 7.53. The zero-order valence-corrected chi connectivity index (χ0v) is 12.4. The molecular formula is C15H13N5OS. The van der Waals surface area contributed by atoms with Gasteiger partial charge in [-0.05, 0) is 30.7 Å². The molecule has 3 aromatic heterocycles. The molecule has 1 fully saturated rings. The molecular weight excluding hydrogens is 298 g/mol. The lowest BCUT2D eigenvalue weighted by atomic mass is 10.0. The summed E-state index contributed by atoms with van der Waals surface area (Å²) in [4.78, 5) is 21.7. The van der Waals surface area contributed by atoms with Crippen molar-refractivity contribution in [3.63, 3.8) is 0 Å². The van der Waals surface area contributed by atoms with Gasteiger partial charge >= 0.3 is 0 Å². The maximum Gasteiger partial charge on any atom is 0.230 e. The van der Waals surface area contributed by atoms with Gasteiger partial charge in [0.15, 0.2) is 5.65 Å². The fraction of sp³-hybridized carbons (Fsp3) is 0.200. The monoisotopic (exact) mass is 311 g/mol. The van der Waals surface area contributed by atoms with E-state index in [2.05, 4.69) is 15.1 Å². The third-order valence-electron chi connectivity index (χ3n) is 3.94. The number of carbonyl (C=O) groups is 1. The van der Waals surface area contributed by atoms with Crippen molar-refractivity contribution in [2.45, 2.75) is 22.0 Å². The number of pyridine rings is 1. The van der Waals surface area contributed by atoms with Crippen LogP contribution in [0, 0.1) is 0 Å². The zero-order chi connectivity index (χ0) is 15.2. The van der Waals surface area contributed by atoms with Gasteiger partial charge in [-0.1, -0.05) is 0 Å². The summed E-state index contributed by atoms with van der Waals surface area (Å²) in [5.74, 6) is -0.336. The second-order valence-electron chi connectivity index (χ2n) is 5.29. The number of primary amides is 1. The number of aromatic nitrogens is 4. The first kappa shape index (κ1) is 13.3. The number of hydrogen-bond acceptors (Lipinski definition) is 5. The molecule has 0 saturated heterocycles. The third kappa shape index (κ3) is 1.97. The molecule has 110 valence electrons. The molecule has 0 spiro atoms. The van der Waals surface area contributed by atoms with Crippen molar-refractivity contribution in [3.05, 3.63) is 54.7 Å². The van der Waals surface area contributed by atoms with E-state index in [-0.39, 0.29) is 11.2 Å². The van der Waals surface area contributed by atoms with Crippen LogP contribution in [-0.2, 0) is 10.2 Å². The van der Waals surface area contributed by atoms with Crippen LogP contribution >= 0.6 is 11.8 Å². The number of rotatable bonds is 4. The SMILES string of the molecule is NC(=O)C1(c2cn3ncccc3n2)CC1Sc1cccnc1. The topological polar surface area (TPSA) is 86.2 Å². The normalized spacial score (nSPS) is 23.5. The highest BCUT2D eigenvalue weighted by molar-refractivity contribution is 8.00. The molecule has 3 aromatic rings. The van der Waals surface area contributed by atoms with Crippen molar-refractivity contribution in [1.82, 2.24) is 19.6 Å². The Hall–Kier alpha value is -2.41. The van der Waals surface area contributed by atoms with E-state index in [0.717, 1.165) is 10.5 Å². The quantitative estimate of drug-likeness (QED) is 0.787. The van der Waals surface area contributed by atoms with Crippen molar-refractivity contribution in [3.8, 4) is 0 Å². The van der Waals surface area contributed by atoms with Gasteiger partial charge in [-0.25, -0.2) is 9.50 Å². The van der Waals surface area contributed by atoms with Gasteiger partial charge < -0.3 is 5.73 Å². The Labute approximate surface area is 130 Å². The molecule has 4 rings (SSSR count). The molecule has 2 atom stereocenters. The van der Waals surface area contributed by atoms with E-state index < -0.39 is 5.41 Å². The number of hydrogen-bond donors (Lipinski definition) is 1. The number of imidazole rings is 1. The second-order valence-corrected chi connectivity index (χ2v) is 6.56. The third-order valence-corrected chi connectivity index (χ3v) is 5.31. The average molecular weight is 311 g/mol. The summed E-state index contributed by atoms with van der Waals surface area (Å²) < 4.78 is 1.67. The van der Waals surface area contributed by atoms with Crippen LogP contribution in [0.3, 0.4) is 0 Å². The van der Waals surface area contributed by atoms with Gasteiger partial charge in [-0.15, -0.1) is 11.8 Å². The fourth-order valence-corrected chi connectivity index (χ4v) is 4.05. The highest BCUT2D eigenvalue weighted by atomic mass is 32.2. The van der Waals surface area contributed by atoms with Crippen LogP contribution < -0.4 is 5.73 Å². The first-order chi connectivity index (χ1) is 10.7. The summed E-state index contributed by atoms with van der Waals surface area (Å²) in [6.45, 7) is 0. The maximum atomic E-state index is 12.1. The number of nitrogens with two attached hydrogens (primary N) is 1. The number of nitrogens with zero attached hydrogens (tertiary/aromatic N) is 4. The lowest BCUT2D eigenvalue weighted by Crippen LogP contribution is -2.31. The minimum Gasteiger partial charge on any atom is -0.369 e. The molecule has 2 N–H and O–H groups in total. The first-order valence-corrected chi connectivity index (χ1v) is 7.75. The number of carbonyl (C=O) groups excluding carboxylic acids is 1. The molecule has 1 saturated carbocycles. The van der Waals surface area contributed by atoms with E-state index in [4.69, 9.17) is 5.73 Å². The standard InChI is InChI=1S/C15H13N5OS/c16-14(21)15(7-12(15)22-10-3-1-5-17-8-10)11-9-20-13(19-11)4-2-6-18-20/h1-6,8-9,12H,7H2,(H2,16,21). The first-order valence-electron chi connectivity index (χ1n) is 6.87. The molecule has 0 bridgehead atoms. The van der Waals surface area contributed by atoms with Gasteiger partial charge in [0.25, 0.3) is 0 Å². The van der Waals surface area contributed by atoms with E-state index in [0.29, 0.717) is 12.1 Å². The summed E-state index contributed by atoms with van der Waals surface area (Å²) >= 11 is 1.62. The Morgan fingerprint density at radius 2 is 2.23 bits per heavy atom. The van der Waals surface area contributed by atoms with Crippen LogP contribution in [0.2, 0.25) is 0 Å². The van der Waals surface area contributed by atoms with E-state index in [1.54, 1.807) is 41.1 Å². The molecule has 0 radical (unpaired) electrons. The minimum atomic E-state index is -0.714. The predicted molar refractivity (Wildman–Crippen MR) is 82.4 cm³/mol. The van der Waals surface area contributed by atoms with Crippen LogP contribution in [-0.4, -0.2) is 30.7 Å². The van der Waals surface area contributed by atoms with Gasteiger partial charge in [0.05, 0.1) is 11.9 Å². The molecule has 0 aliphatic heterocycles. The Morgan fingerprint density at radius 3 is 2.95 bits per heavy atom. The van der Waals surface area contributed by atoms with Crippen LogP contribution in [0.4, 0.5) is 0 Å². The molecule has 1 aliphatic carbocycles. The van der Waals surface area contributed by atoms with Crippen LogP contribution in [0.25, 0.3) is 5.65 Å². The summed E-state index contributed by atoms with van der Waals surface area (Å²) in [6.07, 6.45) is 7.69. The van der Waals surface area contributed by atoms with Gasteiger partial charge in [0.2, 0.25) is 5.91 Å². The Bertz CT molecular complexity index is 816. The van der Waals surface area contributed by atoms with Gasteiger partial charge in [-0.2, -0.15) is 5.10 Å². The summed E-state index contributed by atoms with van der Waals surface area (Å²) in [7, 11) is 0. The largest absolute Gasteiger partial charge is 0.369 e. The zero-order valence-electron chi connectivity index (χ0n) is 11.6. The van der Waals surface area contributed by atoms with E-state index in [1.807, 2.05) is 24.3 Å². The second kappa shape index (κ2) is 4.81. The lowest BCUT2D eigenvalue weighted by molar-refractivity contribution is -0.120. The molecule has 7 heteroatoms. The van der Waals surface area contributed by atoms with Crippen LogP contribution in [0.15, 0.2) is 53.9 Å². The molecule has 1 amide bonds. The lowest BCUT2D eigenvalue weighted by Gasteiger charge is -2.10. The van der Waals surface area contributed by atoms with Crippen molar-refractivity contribution < 1.29 is 4.79 Å². The van der Waals surface area contributed by atoms with Gasteiger partial charge in [0.1, 0.15) is 5.41 Å². The van der Waals surface area contributed by atoms with Gasteiger partial charge in [0, 0.05) is 28.7 Å². The highest BCUT2D eigenvalue weighted by Crippen LogP contribution is 2.56. The summed E-state index contributed by atoms with van der Waals surface area (Å²) in [5.41, 5.74) is 6.39. The molecule has 3 heterocycles. The molecule has 0 aromatic carbocycles. The van der Waals surface area contributed by atoms with E-state index in [9.17, 15) is 4.79 Å². The van der Waals surface area contributed by atoms with Crippen molar-refractivity contribution in [1.29, 1.82) is 0 Å². The average Bonchev–Trinajstić information content (AvgIpc) is 3.09. The Balaban J connectivity index is 1.69. The summed E-state index contributed by atoms with van der Waals surface area (Å²) in [5, 5.41) is 4.28. The van der Waals surface area contributed by atoms with Crippen molar-refractivity contribution in [2.24, 2.45) is 5.73 Å². The molecule has 1 aliphatic rings. The molecule has 22 heavy (non-hydrogen) atoms. The Kier molecular flexibility index (Phi) is 2.90. The maximum absolute atomic E-state index is 12.1. The fourth-order valence-electron chi connectivity index (χ4n) is 2.66. The predicted octanol–water partition coefficient (Wildman–Crippen LogP) is 1.41. The molecule has 6 nitrogen and oxygen atoms in total. The van der Waals surface area contributed by atoms with Crippen molar-refractivity contribution in [2.75, 3.05) is 0 Å².